The van der Waals surface area contributed by atoms with Crippen molar-refractivity contribution in [2.24, 2.45) is 0 Å². The summed E-state index contributed by atoms with van der Waals surface area (Å²) in [7, 11) is 0. The van der Waals surface area contributed by atoms with Crippen LogP contribution in [0.3, 0.4) is 0 Å². The van der Waals surface area contributed by atoms with Crippen molar-refractivity contribution in [2.75, 3.05) is 0 Å². The lowest BCUT2D eigenvalue weighted by molar-refractivity contribution is 0.474. The van der Waals surface area contributed by atoms with Crippen LogP contribution < -0.4 is 0 Å². The van der Waals surface area contributed by atoms with Gasteiger partial charge < -0.3 is 15.3 Å². The minimum Gasteiger partial charge on any atom is -0.508 e. The first-order valence-corrected chi connectivity index (χ1v) is 10.5. The molecule has 3 rings (SSSR count). The predicted octanol–water partition coefficient (Wildman–Crippen LogP) is 7.93. The molecular weight excluding hydrogens is 372 g/mol. The normalized spacial score (nSPS) is 8.50. The van der Waals surface area contributed by atoms with E-state index in [4.69, 9.17) is 15.3 Å². The van der Waals surface area contributed by atoms with Gasteiger partial charge in [0.05, 0.1) is 0 Å². The quantitative estimate of drug-likeness (QED) is 0.351. The van der Waals surface area contributed by atoms with Crippen LogP contribution in [0.5, 0.6) is 17.2 Å². The molecule has 0 saturated heterocycles. The van der Waals surface area contributed by atoms with E-state index in [1.165, 1.54) is 12.8 Å². The summed E-state index contributed by atoms with van der Waals surface area (Å²) in [6.45, 7) is 14.3. The fraction of sp³-hybridized carbons (Fsp3) is 0.333. The Morgan fingerprint density at radius 1 is 0.467 bits per heavy atom. The van der Waals surface area contributed by atoms with Crippen LogP contribution >= 0.6 is 0 Å². The molecule has 0 radical (unpaired) electrons. The van der Waals surface area contributed by atoms with Crippen LogP contribution in [-0.2, 0) is 0 Å². The van der Waals surface area contributed by atoms with E-state index >= 15 is 0 Å². The third-order valence-electron chi connectivity index (χ3n) is 3.00. The molecule has 3 nitrogen and oxygen atoms in total. The van der Waals surface area contributed by atoms with Gasteiger partial charge in [-0.3, -0.25) is 0 Å². The van der Waals surface area contributed by atoms with Crippen molar-refractivity contribution < 1.29 is 15.3 Å². The standard InChI is InChI=1S/3C7H8O.2C3H8/c3*1-6-3-2-4-7(8)5-6;2*1-3-2/h3*2-5,8H,1H3;2*3H2,1-2H3. The average Bonchev–Trinajstić information content (AvgIpc) is 2.63. The van der Waals surface area contributed by atoms with Crippen molar-refractivity contribution >= 4 is 0 Å². The molecule has 3 aromatic carbocycles. The number of phenols is 3. The molecule has 0 fully saturated rings. The molecule has 0 saturated carbocycles. The molecule has 30 heavy (non-hydrogen) atoms. The second-order valence-electron chi connectivity index (χ2n) is 6.93. The summed E-state index contributed by atoms with van der Waals surface area (Å²) in [4.78, 5) is 0. The maximum Gasteiger partial charge on any atom is 0.115 e. The lowest BCUT2D eigenvalue weighted by Crippen LogP contribution is -1.66. The van der Waals surface area contributed by atoms with E-state index in [0.29, 0.717) is 17.2 Å². The summed E-state index contributed by atoms with van der Waals surface area (Å²) in [6, 6.07) is 21.5. The van der Waals surface area contributed by atoms with Gasteiger partial charge in [0, 0.05) is 0 Å². The van der Waals surface area contributed by atoms with Gasteiger partial charge in [0.15, 0.2) is 0 Å². The van der Waals surface area contributed by atoms with Crippen LogP contribution in [0.4, 0.5) is 0 Å². The molecule has 3 aromatic rings. The molecule has 0 amide bonds. The number of hydrogen-bond donors (Lipinski definition) is 3. The van der Waals surface area contributed by atoms with Gasteiger partial charge in [0.1, 0.15) is 17.2 Å². The summed E-state index contributed by atoms with van der Waals surface area (Å²) in [5.74, 6) is 1.01. The van der Waals surface area contributed by atoms with Crippen LogP contribution in [0.2, 0.25) is 0 Å². The fourth-order valence-electron chi connectivity index (χ4n) is 1.88. The SMILES string of the molecule is CCC.CCC.Cc1cccc(O)c1.Cc1cccc(O)c1.Cc1cccc(O)c1. The average molecular weight is 413 g/mol. The van der Waals surface area contributed by atoms with E-state index in [1.54, 1.807) is 36.4 Å². The Morgan fingerprint density at radius 2 is 0.667 bits per heavy atom. The molecule has 0 aromatic heterocycles. The minimum absolute atomic E-state index is 0.338. The lowest BCUT2D eigenvalue weighted by Gasteiger charge is -1.89. The Bertz CT molecular complexity index is 625. The Morgan fingerprint density at radius 3 is 0.767 bits per heavy atom. The fourth-order valence-corrected chi connectivity index (χ4v) is 1.88. The zero-order valence-corrected chi connectivity index (χ0v) is 19.7. The topological polar surface area (TPSA) is 60.7 Å². The van der Waals surface area contributed by atoms with Gasteiger partial charge in [0.2, 0.25) is 0 Å². The highest BCUT2D eigenvalue weighted by Gasteiger charge is 1.84. The first-order valence-electron chi connectivity index (χ1n) is 10.5. The Kier molecular flexibility index (Phi) is 18.9. The summed E-state index contributed by atoms with van der Waals surface area (Å²) >= 11 is 0. The van der Waals surface area contributed by atoms with Crippen LogP contribution in [0.1, 0.15) is 57.2 Å². The largest absolute Gasteiger partial charge is 0.508 e. The van der Waals surface area contributed by atoms with Crippen molar-refractivity contribution in [2.45, 2.75) is 61.3 Å². The first-order chi connectivity index (χ1) is 14.2. The van der Waals surface area contributed by atoms with Crippen LogP contribution in [0.25, 0.3) is 0 Å². The summed E-state index contributed by atoms with van der Waals surface area (Å²) in [5.41, 5.74) is 3.26. The molecule has 0 aliphatic carbocycles. The Balaban J connectivity index is 0. The van der Waals surface area contributed by atoms with Gasteiger partial charge in [-0.05, 0) is 73.9 Å². The van der Waals surface area contributed by atoms with Crippen LogP contribution in [-0.4, -0.2) is 15.3 Å². The molecule has 0 aliphatic heterocycles. The summed E-state index contributed by atoms with van der Waals surface area (Å²) < 4.78 is 0. The van der Waals surface area contributed by atoms with E-state index in [2.05, 4.69) is 27.7 Å². The number of rotatable bonds is 0. The van der Waals surface area contributed by atoms with Crippen molar-refractivity contribution in [1.29, 1.82) is 0 Å². The number of benzene rings is 3. The second-order valence-corrected chi connectivity index (χ2v) is 6.93. The maximum absolute atomic E-state index is 8.81. The Hall–Kier alpha value is -2.94. The second kappa shape index (κ2) is 19.4. The molecule has 0 atom stereocenters. The van der Waals surface area contributed by atoms with E-state index in [9.17, 15) is 0 Å². The summed E-state index contributed by atoms with van der Waals surface area (Å²) in [5, 5.41) is 26.4. The smallest absolute Gasteiger partial charge is 0.115 e. The van der Waals surface area contributed by atoms with Gasteiger partial charge >= 0.3 is 0 Å². The van der Waals surface area contributed by atoms with Gasteiger partial charge in [-0.2, -0.15) is 0 Å². The molecule has 0 aliphatic rings. The van der Waals surface area contributed by atoms with Crippen LogP contribution in [0, 0.1) is 20.8 Å². The molecule has 3 heteroatoms. The lowest BCUT2D eigenvalue weighted by atomic mass is 10.2. The first kappa shape index (κ1) is 29.3. The zero-order valence-electron chi connectivity index (χ0n) is 19.7. The molecule has 166 valence electrons. The molecule has 0 spiro atoms. The minimum atomic E-state index is 0.338. The van der Waals surface area contributed by atoms with Gasteiger partial charge in [0.25, 0.3) is 0 Å². The van der Waals surface area contributed by atoms with E-state index in [0.717, 1.165) is 16.7 Å². The molecule has 0 heterocycles. The third kappa shape index (κ3) is 19.8. The summed E-state index contributed by atoms with van der Waals surface area (Å²) in [6.07, 6.45) is 2.50. The molecule has 3 N–H and O–H groups in total. The molecular formula is C27H40O3. The van der Waals surface area contributed by atoms with Crippen molar-refractivity contribution in [3.05, 3.63) is 89.5 Å². The monoisotopic (exact) mass is 412 g/mol. The van der Waals surface area contributed by atoms with E-state index < -0.39 is 0 Å². The number of hydrogen-bond acceptors (Lipinski definition) is 3. The van der Waals surface area contributed by atoms with Gasteiger partial charge in [-0.25, -0.2) is 0 Å². The maximum atomic E-state index is 8.81. The molecule has 0 bridgehead atoms. The van der Waals surface area contributed by atoms with E-state index in [1.807, 2.05) is 57.2 Å². The molecule has 0 unspecified atom stereocenters. The highest BCUT2D eigenvalue weighted by molar-refractivity contribution is 5.26. The highest BCUT2D eigenvalue weighted by Crippen LogP contribution is 2.09. The number of phenolic OH excluding ortho intramolecular Hbond substituents is 3. The van der Waals surface area contributed by atoms with Crippen molar-refractivity contribution in [3.63, 3.8) is 0 Å². The van der Waals surface area contributed by atoms with Crippen molar-refractivity contribution in [1.82, 2.24) is 0 Å². The van der Waals surface area contributed by atoms with Gasteiger partial charge in [-0.1, -0.05) is 76.9 Å². The number of aryl methyl sites for hydroxylation is 3. The Labute approximate surface area is 183 Å². The predicted molar refractivity (Wildman–Crippen MR) is 130 cm³/mol. The highest BCUT2D eigenvalue weighted by atomic mass is 16.3. The van der Waals surface area contributed by atoms with E-state index in [-0.39, 0.29) is 0 Å². The third-order valence-corrected chi connectivity index (χ3v) is 3.00. The number of aromatic hydroxyl groups is 3. The van der Waals surface area contributed by atoms with Gasteiger partial charge in [-0.15, -0.1) is 0 Å². The van der Waals surface area contributed by atoms with Crippen LogP contribution in [0.15, 0.2) is 72.8 Å². The zero-order chi connectivity index (χ0) is 23.4. The van der Waals surface area contributed by atoms with Crippen molar-refractivity contribution in [3.8, 4) is 17.2 Å².